The van der Waals surface area contributed by atoms with E-state index in [1.807, 2.05) is 18.2 Å². The number of hydrogen-bond acceptors (Lipinski definition) is 5. The molecule has 1 aliphatic rings. The Kier molecular flexibility index (Phi) is 7.18. The third-order valence-corrected chi connectivity index (χ3v) is 6.17. The van der Waals surface area contributed by atoms with Crippen LogP contribution in [0.15, 0.2) is 70.7 Å². The highest BCUT2D eigenvalue weighted by atomic mass is 79.9. The second kappa shape index (κ2) is 10.3. The van der Waals surface area contributed by atoms with E-state index in [1.165, 1.54) is 25.3 Å². The number of barbiturate groups is 1. The molecule has 0 aromatic heterocycles. The van der Waals surface area contributed by atoms with E-state index in [0.29, 0.717) is 26.6 Å². The molecule has 178 valence electrons. The van der Waals surface area contributed by atoms with E-state index >= 15 is 0 Å². The highest BCUT2D eigenvalue weighted by molar-refractivity contribution is 9.10. The zero-order valence-electron chi connectivity index (χ0n) is 18.2. The summed E-state index contributed by atoms with van der Waals surface area (Å²) in [7, 11) is 1.45. The number of imide groups is 2. The van der Waals surface area contributed by atoms with Crippen LogP contribution in [0.25, 0.3) is 6.08 Å². The number of nitrogens with zero attached hydrogens (tertiary/aromatic N) is 1. The number of hydrogen-bond donors (Lipinski definition) is 1. The number of benzene rings is 3. The molecule has 35 heavy (non-hydrogen) atoms. The molecule has 0 radical (unpaired) electrons. The van der Waals surface area contributed by atoms with Crippen LogP contribution in [0.2, 0.25) is 5.02 Å². The van der Waals surface area contributed by atoms with Crippen molar-refractivity contribution in [3.8, 4) is 11.5 Å². The number of carbonyl (C=O) groups excluding carboxylic acids is 3. The van der Waals surface area contributed by atoms with Gasteiger partial charge in [-0.3, -0.25) is 14.9 Å². The average molecular weight is 560 g/mol. The number of rotatable bonds is 6. The standard InChI is InChI=1S/C25H17BrClFN2O5/c1-34-21-11-15(19(26)12-22(21)35-13-14-4-2-3-5-20(14)27)10-18-23(31)29-25(33)30(24(18)32)17-8-6-16(28)7-9-17/h2-12H,13H2,1H3,(H,29,31,33)/b18-10+. The Labute approximate surface area is 213 Å². The SMILES string of the molecule is COc1cc(/C=C2\C(=O)NC(=O)N(c3ccc(F)cc3)C2=O)c(Br)cc1OCc1ccccc1Cl. The van der Waals surface area contributed by atoms with Crippen molar-refractivity contribution >= 4 is 57.1 Å². The van der Waals surface area contributed by atoms with Crippen LogP contribution in [-0.2, 0) is 16.2 Å². The van der Waals surface area contributed by atoms with Gasteiger partial charge in [0.1, 0.15) is 18.0 Å². The van der Waals surface area contributed by atoms with Gasteiger partial charge in [-0.25, -0.2) is 14.1 Å². The topological polar surface area (TPSA) is 84.9 Å². The molecule has 4 rings (SSSR count). The van der Waals surface area contributed by atoms with Crippen LogP contribution in [0.3, 0.4) is 0 Å². The van der Waals surface area contributed by atoms with Crippen molar-refractivity contribution < 1.29 is 28.2 Å². The molecule has 1 aliphatic heterocycles. The lowest BCUT2D eigenvalue weighted by Crippen LogP contribution is -2.54. The van der Waals surface area contributed by atoms with Crippen molar-refractivity contribution in [1.82, 2.24) is 5.32 Å². The lowest BCUT2D eigenvalue weighted by molar-refractivity contribution is -0.122. The van der Waals surface area contributed by atoms with E-state index in [1.54, 1.807) is 18.2 Å². The molecule has 0 aliphatic carbocycles. The predicted molar refractivity (Wildman–Crippen MR) is 132 cm³/mol. The van der Waals surface area contributed by atoms with Crippen molar-refractivity contribution in [2.45, 2.75) is 6.61 Å². The van der Waals surface area contributed by atoms with Gasteiger partial charge in [0.15, 0.2) is 11.5 Å². The molecule has 0 spiro atoms. The number of methoxy groups -OCH3 is 1. The molecule has 1 saturated heterocycles. The Hall–Kier alpha value is -3.69. The Morgan fingerprint density at radius 3 is 2.46 bits per heavy atom. The summed E-state index contributed by atoms with van der Waals surface area (Å²) in [6.45, 7) is 0.193. The molecule has 3 aromatic carbocycles. The number of amides is 4. The second-order valence-electron chi connectivity index (χ2n) is 7.34. The van der Waals surface area contributed by atoms with Crippen LogP contribution in [0.1, 0.15) is 11.1 Å². The van der Waals surface area contributed by atoms with E-state index in [4.69, 9.17) is 21.1 Å². The van der Waals surface area contributed by atoms with Gasteiger partial charge in [-0.15, -0.1) is 0 Å². The maximum absolute atomic E-state index is 13.3. The summed E-state index contributed by atoms with van der Waals surface area (Å²) >= 11 is 9.61. The van der Waals surface area contributed by atoms with E-state index in [0.717, 1.165) is 22.6 Å². The Morgan fingerprint density at radius 1 is 1.06 bits per heavy atom. The van der Waals surface area contributed by atoms with Gasteiger partial charge < -0.3 is 9.47 Å². The fourth-order valence-corrected chi connectivity index (χ4v) is 3.97. The molecule has 1 heterocycles. The third-order valence-electron chi connectivity index (χ3n) is 5.11. The predicted octanol–water partition coefficient (Wildman–Crippen LogP) is 5.50. The van der Waals surface area contributed by atoms with Gasteiger partial charge in [0.25, 0.3) is 11.8 Å². The molecule has 10 heteroatoms. The molecule has 0 bridgehead atoms. The normalized spacial score (nSPS) is 14.8. The number of urea groups is 1. The van der Waals surface area contributed by atoms with Gasteiger partial charge in [-0.2, -0.15) is 0 Å². The Bertz CT molecular complexity index is 1360. The number of carbonyl (C=O) groups is 3. The molecule has 4 amide bonds. The largest absolute Gasteiger partial charge is 0.493 e. The van der Waals surface area contributed by atoms with Crippen molar-refractivity contribution in [2.75, 3.05) is 12.0 Å². The van der Waals surface area contributed by atoms with Gasteiger partial charge in [-0.1, -0.05) is 45.7 Å². The molecule has 7 nitrogen and oxygen atoms in total. The fourth-order valence-electron chi connectivity index (χ4n) is 3.34. The number of ether oxygens (including phenoxy) is 2. The zero-order chi connectivity index (χ0) is 25.1. The zero-order valence-corrected chi connectivity index (χ0v) is 20.5. The van der Waals surface area contributed by atoms with Crippen LogP contribution in [0.4, 0.5) is 14.9 Å². The van der Waals surface area contributed by atoms with Gasteiger partial charge >= 0.3 is 6.03 Å². The molecular formula is C25H17BrClFN2O5. The highest BCUT2D eigenvalue weighted by Gasteiger charge is 2.37. The minimum Gasteiger partial charge on any atom is -0.493 e. The maximum Gasteiger partial charge on any atom is 0.335 e. The summed E-state index contributed by atoms with van der Waals surface area (Å²) in [5.41, 5.74) is 1.04. The summed E-state index contributed by atoms with van der Waals surface area (Å²) in [6, 6.07) is 14.3. The Balaban J connectivity index is 1.65. The second-order valence-corrected chi connectivity index (χ2v) is 8.60. The van der Waals surface area contributed by atoms with Gasteiger partial charge in [0.2, 0.25) is 0 Å². The lowest BCUT2D eigenvalue weighted by Gasteiger charge is -2.26. The first-order valence-corrected chi connectivity index (χ1v) is 11.4. The molecule has 0 unspecified atom stereocenters. The number of nitrogens with one attached hydrogen (secondary N) is 1. The number of anilines is 1. The quantitative estimate of drug-likeness (QED) is 0.319. The molecule has 3 aromatic rings. The molecule has 0 atom stereocenters. The smallest absolute Gasteiger partial charge is 0.335 e. The summed E-state index contributed by atoms with van der Waals surface area (Å²) in [4.78, 5) is 38.6. The number of halogens is 3. The first kappa shape index (κ1) is 24.4. The minimum absolute atomic E-state index is 0.118. The average Bonchev–Trinajstić information content (AvgIpc) is 2.83. The van der Waals surface area contributed by atoms with E-state index in [9.17, 15) is 18.8 Å². The summed E-state index contributed by atoms with van der Waals surface area (Å²) < 4.78 is 25.1. The summed E-state index contributed by atoms with van der Waals surface area (Å²) in [5.74, 6) is -1.48. The van der Waals surface area contributed by atoms with E-state index in [2.05, 4.69) is 21.2 Å². The lowest BCUT2D eigenvalue weighted by atomic mass is 10.1. The van der Waals surface area contributed by atoms with Crippen molar-refractivity contribution in [3.63, 3.8) is 0 Å². The van der Waals surface area contributed by atoms with Gasteiger partial charge in [0.05, 0.1) is 12.8 Å². The third kappa shape index (κ3) is 5.21. The highest BCUT2D eigenvalue weighted by Crippen LogP contribution is 2.36. The Morgan fingerprint density at radius 2 is 1.77 bits per heavy atom. The first-order valence-electron chi connectivity index (χ1n) is 10.2. The van der Waals surface area contributed by atoms with Crippen molar-refractivity contribution in [2.24, 2.45) is 0 Å². The van der Waals surface area contributed by atoms with E-state index in [-0.39, 0.29) is 17.9 Å². The minimum atomic E-state index is -0.927. The summed E-state index contributed by atoms with van der Waals surface area (Å²) in [5, 5.41) is 2.69. The molecule has 1 fully saturated rings. The van der Waals surface area contributed by atoms with Gasteiger partial charge in [0, 0.05) is 15.1 Å². The van der Waals surface area contributed by atoms with Crippen LogP contribution in [0.5, 0.6) is 11.5 Å². The van der Waals surface area contributed by atoms with Crippen LogP contribution >= 0.6 is 27.5 Å². The first-order chi connectivity index (χ1) is 16.8. The van der Waals surface area contributed by atoms with Crippen LogP contribution in [0, 0.1) is 5.82 Å². The van der Waals surface area contributed by atoms with E-state index < -0.39 is 23.7 Å². The molecule has 1 N–H and O–H groups in total. The fraction of sp³-hybridized carbons (Fsp3) is 0.0800. The van der Waals surface area contributed by atoms with Crippen LogP contribution < -0.4 is 19.7 Å². The van der Waals surface area contributed by atoms with Crippen molar-refractivity contribution in [1.29, 1.82) is 0 Å². The monoisotopic (exact) mass is 558 g/mol. The maximum atomic E-state index is 13.3. The van der Waals surface area contributed by atoms with Crippen molar-refractivity contribution in [3.05, 3.63) is 92.7 Å². The molecular weight excluding hydrogens is 543 g/mol. The van der Waals surface area contributed by atoms with Gasteiger partial charge in [-0.05, 0) is 54.1 Å². The van der Waals surface area contributed by atoms with Crippen LogP contribution in [-0.4, -0.2) is 25.0 Å². The molecule has 0 saturated carbocycles. The summed E-state index contributed by atoms with van der Waals surface area (Å²) in [6.07, 6.45) is 1.32.